The van der Waals surface area contributed by atoms with Gasteiger partial charge in [0.25, 0.3) is 0 Å². The molecular formula is C18H23ClN4O5S. The second-order valence-corrected chi connectivity index (χ2v) is 9.68. The zero-order valence-electron chi connectivity index (χ0n) is 15.9. The van der Waals surface area contributed by atoms with Crippen LogP contribution < -0.4 is 16.0 Å². The predicted octanol–water partition coefficient (Wildman–Crippen LogP) is 0.595. The van der Waals surface area contributed by atoms with E-state index in [1.807, 2.05) is 11.4 Å². The van der Waals surface area contributed by atoms with Crippen molar-refractivity contribution in [1.82, 2.24) is 20.3 Å². The fraction of sp³-hybridized carbons (Fsp3) is 0.500. The van der Waals surface area contributed by atoms with Gasteiger partial charge in [0, 0.05) is 24.7 Å². The molecule has 0 aromatic heterocycles. The molecule has 9 nitrogen and oxygen atoms in total. The molecule has 2 saturated heterocycles. The van der Waals surface area contributed by atoms with Crippen LogP contribution in [0.3, 0.4) is 0 Å². The van der Waals surface area contributed by atoms with Crippen molar-refractivity contribution >= 4 is 39.5 Å². The first-order chi connectivity index (χ1) is 13.7. The van der Waals surface area contributed by atoms with Crippen LogP contribution in [0.2, 0.25) is 5.02 Å². The highest BCUT2D eigenvalue weighted by Crippen LogP contribution is 2.24. The smallest absolute Gasteiger partial charge is 0.321 e. The first kappa shape index (κ1) is 21.5. The van der Waals surface area contributed by atoms with Gasteiger partial charge in [-0.25, -0.2) is 17.5 Å². The molecule has 0 radical (unpaired) electrons. The van der Waals surface area contributed by atoms with Crippen molar-refractivity contribution < 1.29 is 22.8 Å². The Balaban J connectivity index is 1.66. The number of rotatable bonds is 5. The number of halogens is 1. The van der Waals surface area contributed by atoms with Gasteiger partial charge in [-0.05, 0) is 31.4 Å². The highest BCUT2D eigenvalue weighted by atomic mass is 35.5. The molecule has 0 saturated carbocycles. The van der Waals surface area contributed by atoms with E-state index in [1.165, 1.54) is 11.2 Å². The van der Waals surface area contributed by atoms with E-state index in [0.717, 1.165) is 5.56 Å². The summed E-state index contributed by atoms with van der Waals surface area (Å²) in [6.07, 6.45) is 1.04. The van der Waals surface area contributed by atoms with E-state index in [9.17, 15) is 22.8 Å². The molecule has 2 heterocycles. The lowest BCUT2D eigenvalue weighted by Crippen LogP contribution is -2.65. The van der Waals surface area contributed by atoms with Crippen molar-refractivity contribution in [2.45, 2.75) is 37.6 Å². The summed E-state index contributed by atoms with van der Waals surface area (Å²) >= 11 is 6.09. The van der Waals surface area contributed by atoms with Crippen LogP contribution in [0.4, 0.5) is 4.79 Å². The number of hydrogen-bond acceptors (Lipinski definition) is 5. The summed E-state index contributed by atoms with van der Waals surface area (Å²) in [5, 5.41) is 6.33. The summed E-state index contributed by atoms with van der Waals surface area (Å²) in [6.45, 7) is 1.93. The molecule has 0 aliphatic carbocycles. The molecule has 2 aliphatic rings. The molecule has 3 N–H and O–H groups in total. The lowest BCUT2D eigenvalue weighted by Gasteiger charge is -2.36. The monoisotopic (exact) mass is 442 g/mol. The number of sulfonamides is 1. The first-order valence-corrected chi connectivity index (χ1v) is 11.2. The average Bonchev–Trinajstić information content (AvgIpc) is 2.66. The zero-order valence-corrected chi connectivity index (χ0v) is 17.4. The molecule has 158 valence electrons. The van der Waals surface area contributed by atoms with E-state index in [2.05, 4.69) is 10.6 Å². The van der Waals surface area contributed by atoms with Crippen LogP contribution >= 0.6 is 11.6 Å². The number of amides is 4. The van der Waals surface area contributed by atoms with E-state index in [-0.39, 0.29) is 25.5 Å². The summed E-state index contributed by atoms with van der Waals surface area (Å²) in [5.74, 6) is -1.65. The van der Waals surface area contributed by atoms with Crippen molar-refractivity contribution in [3.05, 3.63) is 34.9 Å². The zero-order chi connectivity index (χ0) is 21.2. The van der Waals surface area contributed by atoms with Crippen LogP contribution in [0.5, 0.6) is 0 Å². The Kier molecular flexibility index (Phi) is 6.45. The number of nitrogens with one attached hydrogen (secondary N) is 3. The van der Waals surface area contributed by atoms with E-state index in [0.29, 0.717) is 17.9 Å². The highest BCUT2D eigenvalue weighted by molar-refractivity contribution is 7.90. The van der Waals surface area contributed by atoms with Crippen LogP contribution in [0, 0.1) is 5.92 Å². The van der Waals surface area contributed by atoms with Gasteiger partial charge < -0.3 is 10.6 Å². The van der Waals surface area contributed by atoms with Crippen LogP contribution in [-0.4, -0.2) is 54.9 Å². The Morgan fingerprint density at radius 2 is 2.03 bits per heavy atom. The summed E-state index contributed by atoms with van der Waals surface area (Å²) in [4.78, 5) is 36.1. The van der Waals surface area contributed by atoms with Crippen molar-refractivity contribution in [3.63, 3.8) is 0 Å². The predicted molar refractivity (Wildman–Crippen MR) is 106 cm³/mol. The number of nitrogens with zero attached hydrogens (tertiary/aromatic N) is 1. The number of imide groups is 1. The number of urea groups is 1. The third kappa shape index (κ3) is 4.71. The number of carbonyl (C=O) groups excluding carboxylic acids is 3. The molecule has 0 spiro atoms. The molecule has 3 rings (SSSR count). The van der Waals surface area contributed by atoms with Gasteiger partial charge >= 0.3 is 6.03 Å². The molecule has 29 heavy (non-hydrogen) atoms. The van der Waals surface area contributed by atoms with Gasteiger partial charge in [-0.3, -0.25) is 14.9 Å². The molecule has 0 bridgehead atoms. The summed E-state index contributed by atoms with van der Waals surface area (Å²) in [5.41, 5.74) is 0.770. The summed E-state index contributed by atoms with van der Waals surface area (Å²) < 4.78 is 27.2. The molecule has 1 aromatic rings. The molecule has 1 aromatic carbocycles. The minimum absolute atomic E-state index is 0.0128. The van der Waals surface area contributed by atoms with Gasteiger partial charge in [0.1, 0.15) is 0 Å². The quantitative estimate of drug-likeness (QED) is 0.615. The van der Waals surface area contributed by atoms with Crippen molar-refractivity contribution in [2.24, 2.45) is 5.92 Å². The molecular weight excluding hydrogens is 420 g/mol. The van der Waals surface area contributed by atoms with Gasteiger partial charge in [-0.15, -0.1) is 0 Å². The Morgan fingerprint density at radius 3 is 2.72 bits per heavy atom. The van der Waals surface area contributed by atoms with E-state index in [4.69, 9.17) is 11.6 Å². The largest absolute Gasteiger partial charge is 0.352 e. The van der Waals surface area contributed by atoms with Gasteiger partial charge in [-0.2, -0.15) is 0 Å². The molecule has 2 fully saturated rings. The Bertz CT molecular complexity index is 923. The van der Waals surface area contributed by atoms with E-state index >= 15 is 0 Å². The van der Waals surface area contributed by atoms with Crippen LogP contribution in [-0.2, 0) is 26.2 Å². The maximum atomic E-state index is 13.0. The van der Waals surface area contributed by atoms with Crippen LogP contribution in [0.15, 0.2) is 24.3 Å². The Hall–Kier alpha value is -2.17. The minimum Gasteiger partial charge on any atom is -0.352 e. The molecule has 11 heteroatoms. The molecule has 2 aliphatic heterocycles. The fourth-order valence-corrected chi connectivity index (χ4v) is 5.85. The normalized spacial score (nSPS) is 25.8. The minimum atomic E-state index is -4.04. The van der Waals surface area contributed by atoms with Gasteiger partial charge in [-0.1, -0.05) is 29.8 Å². The number of carbonyl (C=O) groups is 3. The second kappa shape index (κ2) is 8.68. The van der Waals surface area contributed by atoms with Gasteiger partial charge in [0.05, 0.1) is 12.0 Å². The van der Waals surface area contributed by atoms with Crippen LogP contribution in [0.1, 0.15) is 25.3 Å². The van der Waals surface area contributed by atoms with Crippen molar-refractivity contribution in [1.29, 1.82) is 0 Å². The third-order valence-corrected chi connectivity index (χ3v) is 7.84. The topological polar surface area (TPSA) is 125 Å². The van der Waals surface area contributed by atoms with Crippen LogP contribution in [0.25, 0.3) is 0 Å². The lowest BCUT2D eigenvalue weighted by atomic mass is 9.99. The number of piperidine rings is 1. The first-order valence-electron chi connectivity index (χ1n) is 9.31. The molecule has 3 unspecified atom stereocenters. The Morgan fingerprint density at radius 1 is 1.31 bits per heavy atom. The number of benzene rings is 1. The number of hydrogen-bond donors (Lipinski definition) is 3. The standard InChI is InChI=1S/C18H23ClN4O5S/c1-11-15(17(25)22-18(26)21-11)29(27,28)23-8-4-6-13(10-23)16(24)20-9-12-5-2-3-7-14(12)19/h2-3,5,7,11,13,15H,4,6,8-10H2,1H3,(H,20,24)(H2,21,22,25,26). The molecule has 3 atom stereocenters. The van der Waals surface area contributed by atoms with E-state index in [1.54, 1.807) is 18.2 Å². The summed E-state index contributed by atoms with van der Waals surface area (Å²) in [6, 6.07) is 5.56. The Labute approximate surface area is 174 Å². The SMILES string of the molecule is CC1NC(=O)NC(=O)C1S(=O)(=O)N1CCCC(C(=O)NCc2ccccc2Cl)C1. The highest BCUT2D eigenvalue weighted by Gasteiger charge is 2.46. The van der Waals surface area contributed by atoms with Gasteiger partial charge in [0.2, 0.25) is 21.8 Å². The van der Waals surface area contributed by atoms with Crippen molar-refractivity contribution in [3.8, 4) is 0 Å². The summed E-state index contributed by atoms with van der Waals surface area (Å²) in [7, 11) is -4.04. The lowest BCUT2D eigenvalue weighted by molar-refractivity contribution is -0.126. The average molecular weight is 443 g/mol. The third-order valence-electron chi connectivity index (χ3n) is 5.15. The van der Waals surface area contributed by atoms with Gasteiger partial charge in [0.15, 0.2) is 5.25 Å². The fourth-order valence-electron chi connectivity index (χ4n) is 3.64. The second-order valence-electron chi connectivity index (χ2n) is 7.22. The maximum absolute atomic E-state index is 13.0. The van der Waals surface area contributed by atoms with E-state index < -0.39 is 39.2 Å². The maximum Gasteiger partial charge on any atom is 0.321 e. The molecule has 4 amide bonds. The van der Waals surface area contributed by atoms with Crippen molar-refractivity contribution in [2.75, 3.05) is 13.1 Å².